The van der Waals surface area contributed by atoms with Crippen molar-refractivity contribution in [1.29, 1.82) is 0 Å². The summed E-state index contributed by atoms with van der Waals surface area (Å²) in [6, 6.07) is 7.97. The third-order valence-corrected chi connectivity index (χ3v) is 4.11. The Hall–Kier alpha value is -1.35. The number of rotatable bonds is 4. The smallest absolute Gasteiger partial charge is 0.312 e. The van der Waals surface area contributed by atoms with Crippen molar-refractivity contribution in [2.45, 2.75) is 31.7 Å². The zero-order chi connectivity index (χ0) is 12.5. The van der Waals surface area contributed by atoms with E-state index in [0.717, 1.165) is 24.6 Å². The first kappa shape index (κ1) is 11.7. The predicted octanol–water partition coefficient (Wildman–Crippen LogP) is 2.47. The van der Waals surface area contributed by atoms with Gasteiger partial charge in [-0.1, -0.05) is 37.1 Å². The highest BCUT2D eigenvalue weighted by Crippen LogP contribution is 2.34. The van der Waals surface area contributed by atoms with Crippen molar-refractivity contribution >= 4 is 5.97 Å². The lowest BCUT2D eigenvalue weighted by molar-refractivity contribution is -0.139. The maximum Gasteiger partial charge on any atom is 0.312 e. The summed E-state index contributed by atoms with van der Waals surface area (Å²) < 4.78 is 0. The number of benzene rings is 1. The molecule has 1 heterocycles. The van der Waals surface area contributed by atoms with E-state index in [1.54, 1.807) is 0 Å². The molecule has 18 heavy (non-hydrogen) atoms. The Kier molecular flexibility index (Phi) is 3.08. The highest BCUT2D eigenvalue weighted by molar-refractivity contribution is 5.77. The molecule has 1 N–H and O–H groups in total. The first-order chi connectivity index (χ1) is 8.74. The van der Waals surface area contributed by atoms with Gasteiger partial charge in [0.15, 0.2) is 0 Å². The molecule has 0 radical (unpaired) electrons. The third-order valence-electron chi connectivity index (χ3n) is 4.11. The van der Waals surface area contributed by atoms with Crippen LogP contribution in [0.4, 0.5) is 0 Å². The van der Waals surface area contributed by atoms with Crippen LogP contribution in [0, 0.1) is 5.92 Å². The summed E-state index contributed by atoms with van der Waals surface area (Å²) >= 11 is 0. The molecule has 3 rings (SSSR count). The lowest BCUT2D eigenvalue weighted by Crippen LogP contribution is -2.37. The number of carbonyl (C=O) groups is 1. The summed E-state index contributed by atoms with van der Waals surface area (Å²) in [6.07, 6.45) is 3.97. The summed E-state index contributed by atoms with van der Waals surface area (Å²) in [6.45, 7) is 2.62. The lowest BCUT2D eigenvalue weighted by atomic mass is 9.89. The molecule has 1 unspecified atom stereocenters. The van der Waals surface area contributed by atoms with Crippen LogP contribution in [0.25, 0.3) is 0 Å². The third kappa shape index (κ3) is 2.41. The normalized spacial score (nSPS) is 23.7. The maximum absolute atomic E-state index is 11.4. The monoisotopic (exact) mass is 245 g/mol. The van der Waals surface area contributed by atoms with Crippen molar-refractivity contribution in [2.75, 3.05) is 13.1 Å². The van der Waals surface area contributed by atoms with Gasteiger partial charge in [-0.05, 0) is 30.0 Å². The molecular formula is C15H19NO2. The molecule has 2 aliphatic rings. The van der Waals surface area contributed by atoms with Crippen molar-refractivity contribution in [2.24, 2.45) is 5.92 Å². The molecule has 1 aromatic carbocycles. The summed E-state index contributed by atoms with van der Waals surface area (Å²) in [4.78, 5) is 13.7. The number of carboxylic acid groups (broad SMARTS) is 1. The Bertz CT molecular complexity index is 454. The fourth-order valence-corrected chi connectivity index (χ4v) is 2.83. The average molecular weight is 245 g/mol. The second-order valence-corrected chi connectivity index (χ2v) is 5.56. The van der Waals surface area contributed by atoms with Gasteiger partial charge in [-0.15, -0.1) is 0 Å². The molecular weight excluding hydrogens is 226 g/mol. The van der Waals surface area contributed by atoms with Crippen LogP contribution in [-0.2, 0) is 11.3 Å². The minimum Gasteiger partial charge on any atom is -0.481 e. The van der Waals surface area contributed by atoms with Crippen LogP contribution in [0.1, 0.15) is 36.3 Å². The van der Waals surface area contributed by atoms with Crippen LogP contribution in [-0.4, -0.2) is 29.1 Å². The molecule has 1 aliphatic carbocycles. The molecule has 1 aromatic rings. The molecule has 1 aliphatic heterocycles. The van der Waals surface area contributed by atoms with E-state index in [9.17, 15) is 9.90 Å². The van der Waals surface area contributed by atoms with Gasteiger partial charge in [-0.2, -0.15) is 0 Å². The van der Waals surface area contributed by atoms with Crippen molar-refractivity contribution in [1.82, 2.24) is 4.90 Å². The molecule has 0 amide bonds. The molecule has 1 fully saturated rings. The zero-order valence-electron chi connectivity index (χ0n) is 10.5. The number of hydrogen-bond acceptors (Lipinski definition) is 2. The van der Waals surface area contributed by atoms with E-state index in [1.165, 1.54) is 24.8 Å². The Morgan fingerprint density at radius 1 is 1.33 bits per heavy atom. The number of fused-ring (bicyclic) bond motifs is 1. The van der Waals surface area contributed by atoms with Crippen LogP contribution in [0.15, 0.2) is 24.3 Å². The topological polar surface area (TPSA) is 40.5 Å². The Balaban J connectivity index is 1.76. The lowest BCUT2D eigenvalue weighted by Gasteiger charge is -2.32. The minimum atomic E-state index is -0.696. The summed E-state index contributed by atoms with van der Waals surface area (Å²) in [5.74, 6) is -0.141. The van der Waals surface area contributed by atoms with Crippen molar-refractivity contribution in [3.05, 3.63) is 35.4 Å². The maximum atomic E-state index is 11.4. The predicted molar refractivity (Wildman–Crippen MR) is 69.4 cm³/mol. The van der Waals surface area contributed by atoms with Gasteiger partial charge < -0.3 is 5.11 Å². The van der Waals surface area contributed by atoms with Gasteiger partial charge in [0.05, 0.1) is 5.92 Å². The SMILES string of the molecule is O=C(O)C1CN(CCC2CC2)Cc2ccccc21. The van der Waals surface area contributed by atoms with Gasteiger partial charge in [-0.25, -0.2) is 0 Å². The molecule has 0 bridgehead atoms. The Morgan fingerprint density at radius 2 is 2.11 bits per heavy atom. The molecule has 3 heteroatoms. The Labute approximate surface area is 107 Å². The van der Waals surface area contributed by atoms with E-state index in [4.69, 9.17) is 0 Å². The quantitative estimate of drug-likeness (QED) is 0.886. The second-order valence-electron chi connectivity index (χ2n) is 5.56. The van der Waals surface area contributed by atoms with Gasteiger partial charge >= 0.3 is 5.97 Å². The van der Waals surface area contributed by atoms with Crippen LogP contribution in [0.2, 0.25) is 0 Å². The van der Waals surface area contributed by atoms with E-state index >= 15 is 0 Å². The van der Waals surface area contributed by atoms with Gasteiger partial charge in [-0.3, -0.25) is 9.69 Å². The van der Waals surface area contributed by atoms with E-state index in [2.05, 4.69) is 11.0 Å². The fourth-order valence-electron chi connectivity index (χ4n) is 2.83. The van der Waals surface area contributed by atoms with Crippen LogP contribution >= 0.6 is 0 Å². The van der Waals surface area contributed by atoms with Gasteiger partial charge in [0.25, 0.3) is 0 Å². The van der Waals surface area contributed by atoms with Crippen molar-refractivity contribution in [3.8, 4) is 0 Å². The van der Waals surface area contributed by atoms with Crippen molar-refractivity contribution < 1.29 is 9.90 Å². The van der Waals surface area contributed by atoms with Crippen molar-refractivity contribution in [3.63, 3.8) is 0 Å². The standard InChI is InChI=1S/C15H19NO2/c17-15(18)14-10-16(8-7-11-5-6-11)9-12-3-1-2-4-13(12)14/h1-4,11,14H,5-10H2,(H,17,18). The molecule has 3 nitrogen and oxygen atoms in total. The fraction of sp³-hybridized carbons (Fsp3) is 0.533. The molecule has 1 atom stereocenters. The largest absolute Gasteiger partial charge is 0.481 e. The number of aliphatic carboxylic acids is 1. The minimum absolute atomic E-state index is 0.353. The highest BCUT2D eigenvalue weighted by atomic mass is 16.4. The first-order valence-corrected chi connectivity index (χ1v) is 6.77. The van der Waals surface area contributed by atoms with E-state index in [-0.39, 0.29) is 5.92 Å². The van der Waals surface area contributed by atoms with Crippen LogP contribution in [0.3, 0.4) is 0 Å². The number of nitrogens with zero attached hydrogens (tertiary/aromatic N) is 1. The Morgan fingerprint density at radius 3 is 2.83 bits per heavy atom. The van der Waals surface area contributed by atoms with Gasteiger partial charge in [0, 0.05) is 13.1 Å². The molecule has 96 valence electrons. The molecule has 0 spiro atoms. The number of hydrogen-bond donors (Lipinski definition) is 1. The molecule has 0 aromatic heterocycles. The zero-order valence-corrected chi connectivity index (χ0v) is 10.5. The molecule has 1 saturated carbocycles. The highest BCUT2D eigenvalue weighted by Gasteiger charge is 2.31. The molecule has 0 saturated heterocycles. The first-order valence-electron chi connectivity index (χ1n) is 6.77. The van der Waals surface area contributed by atoms with E-state index < -0.39 is 5.97 Å². The second kappa shape index (κ2) is 4.73. The summed E-state index contributed by atoms with van der Waals surface area (Å²) in [5, 5.41) is 9.37. The average Bonchev–Trinajstić information content (AvgIpc) is 3.19. The summed E-state index contributed by atoms with van der Waals surface area (Å²) in [7, 11) is 0. The number of carboxylic acids is 1. The van der Waals surface area contributed by atoms with E-state index in [1.807, 2.05) is 18.2 Å². The van der Waals surface area contributed by atoms with E-state index in [0.29, 0.717) is 6.54 Å². The van der Waals surface area contributed by atoms with Gasteiger partial charge in [0.1, 0.15) is 0 Å². The van der Waals surface area contributed by atoms with Crippen LogP contribution in [0.5, 0.6) is 0 Å². The van der Waals surface area contributed by atoms with Crippen LogP contribution < -0.4 is 0 Å². The summed E-state index contributed by atoms with van der Waals surface area (Å²) in [5.41, 5.74) is 2.19. The van der Waals surface area contributed by atoms with Gasteiger partial charge in [0.2, 0.25) is 0 Å².